The van der Waals surface area contributed by atoms with E-state index in [9.17, 15) is 0 Å². The van der Waals surface area contributed by atoms with Crippen molar-refractivity contribution in [3.63, 3.8) is 0 Å². The minimum Gasteiger partial charge on any atom is -0.0622 e. The zero-order chi connectivity index (χ0) is 8.13. The molecule has 3 saturated carbocycles. The first-order valence-corrected chi connectivity index (χ1v) is 5.84. The van der Waals surface area contributed by atoms with E-state index in [1.165, 1.54) is 18.3 Å². The SMILES string of the molecule is CC1CCC1C1CC2CCC2C1. The van der Waals surface area contributed by atoms with Crippen molar-refractivity contribution in [2.75, 3.05) is 0 Å². The summed E-state index contributed by atoms with van der Waals surface area (Å²) in [6, 6.07) is 0. The van der Waals surface area contributed by atoms with E-state index >= 15 is 0 Å². The van der Waals surface area contributed by atoms with Crippen LogP contribution in [0.15, 0.2) is 0 Å². The van der Waals surface area contributed by atoms with Crippen LogP contribution >= 0.6 is 0 Å². The van der Waals surface area contributed by atoms with Crippen LogP contribution in [0.4, 0.5) is 0 Å². The Morgan fingerprint density at radius 3 is 1.75 bits per heavy atom. The van der Waals surface area contributed by atoms with Gasteiger partial charge in [-0.3, -0.25) is 0 Å². The van der Waals surface area contributed by atoms with E-state index < -0.39 is 0 Å². The van der Waals surface area contributed by atoms with E-state index in [4.69, 9.17) is 0 Å². The highest BCUT2D eigenvalue weighted by Gasteiger charge is 2.45. The minimum absolute atomic E-state index is 1.08. The molecule has 0 aromatic rings. The summed E-state index contributed by atoms with van der Waals surface area (Å²) in [5.74, 6) is 5.75. The Hall–Kier alpha value is 0. The molecule has 3 rings (SSSR count). The molecule has 0 saturated heterocycles. The summed E-state index contributed by atoms with van der Waals surface area (Å²) in [5, 5.41) is 0. The van der Waals surface area contributed by atoms with E-state index in [1.54, 1.807) is 32.1 Å². The third-order valence-electron chi connectivity index (χ3n) is 5.08. The molecule has 0 amide bonds. The normalized spacial score (nSPS) is 57.2. The lowest BCUT2D eigenvalue weighted by Gasteiger charge is -2.38. The zero-order valence-corrected chi connectivity index (χ0v) is 8.13. The van der Waals surface area contributed by atoms with E-state index in [0.717, 1.165) is 17.8 Å². The number of hydrogen-bond donors (Lipinski definition) is 0. The highest BCUT2D eigenvalue weighted by atomic mass is 14.5. The predicted octanol–water partition coefficient (Wildman–Crippen LogP) is 3.47. The Morgan fingerprint density at radius 1 is 0.750 bits per heavy atom. The molecule has 0 heterocycles. The first-order chi connectivity index (χ1) is 5.84. The number of fused-ring (bicyclic) bond motifs is 1. The molecule has 0 aromatic heterocycles. The molecule has 3 aliphatic carbocycles. The quantitative estimate of drug-likeness (QED) is 0.556. The van der Waals surface area contributed by atoms with Gasteiger partial charge in [-0.05, 0) is 61.7 Å². The Morgan fingerprint density at radius 2 is 1.42 bits per heavy atom. The zero-order valence-electron chi connectivity index (χ0n) is 8.13. The first kappa shape index (κ1) is 7.41. The molecule has 0 nitrogen and oxygen atoms in total. The van der Waals surface area contributed by atoms with Crippen LogP contribution in [0.1, 0.15) is 45.4 Å². The smallest absolute Gasteiger partial charge is 0.0360 e. The van der Waals surface area contributed by atoms with Crippen molar-refractivity contribution >= 4 is 0 Å². The number of rotatable bonds is 1. The molecule has 0 heteroatoms. The molecule has 68 valence electrons. The van der Waals surface area contributed by atoms with Crippen molar-refractivity contribution < 1.29 is 0 Å². The van der Waals surface area contributed by atoms with Gasteiger partial charge in [-0.1, -0.05) is 13.3 Å². The molecular formula is C12H20. The van der Waals surface area contributed by atoms with Crippen LogP contribution in [0.5, 0.6) is 0 Å². The second-order valence-corrected chi connectivity index (χ2v) is 5.55. The maximum atomic E-state index is 2.47. The molecular weight excluding hydrogens is 144 g/mol. The third-order valence-corrected chi connectivity index (χ3v) is 5.08. The van der Waals surface area contributed by atoms with Gasteiger partial charge in [0, 0.05) is 0 Å². The molecule has 0 aliphatic heterocycles. The van der Waals surface area contributed by atoms with Crippen LogP contribution in [-0.2, 0) is 0 Å². The fourth-order valence-electron chi connectivity index (χ4n) is 3.87. The molecule has 3 fully saturated rings. The number of hydrogen-bond acceptors (Lipinski definition) is 0. The fraction of sp³-hybridized carbons (Fsp3) is 1.00. The molecule has 3 aliphatic rings. The van der Waals surface area contributed by atoms with Gasteiger partial charge >= 0.3 is 0 Å². The molecule has 0 N–H and O–H groups in total. The van der Waals surface area contributed by atoms with Crippen molar-refractivity contribution in [1.82, 2.24) is 0 Å². The second kappa shape index (κ2) is 2.49. The maximum absolute atomic E-state index is 2.47. The third kappa shape index (κ3) is 0.900. The lowest BCUT2D eigenvalue weighted by molar-refractivity contribution is 0.119. The van der Waals surface area contributed by atoms with Gasteiger partial charge in [0.1, 0.15) is 0 Å². The molecule has 12 heavy (non-hydrogen) atoms. The summed E-state index contributed by atoms with van der Waals surface area (Å²) in [4.78, 5) is 0. The lowest BCUT2D eigenvalue weighted by atomic mass is 9.67. The van der Waals surface area contributed by atoms with E-state index in [2.05, 4.69) is 6.92 Å². The van der Waals surface area contributed by atoms with Gasteiger partial charge < -0.3 is 0 Å². The van der Waals surface area contributed by atoms with Gasteiger partial charge in [0.2, 0.25) is 0 Å². The monoisotopic (exact) mass is 164 g/mol. The molecule has 0 spiro atoms. The average molecular weight is 164 g/mol. The molecule has 0 aromatic carbocycles. The summed E-state index contributed by atoms with van der Waals surface area (Å²) >= 11 is 0. The van der Waals surface area contributed by atoms with Gasteiger partial charge in [-0.25, -0.2) is 0 Å². The molecule has 4 atom stereocenters. The highest BCUT2D eigenvalue weighted by molar-refractivity contribution is 4.95. The predicted molar refractivity (Wildman–Crippen MR) is 50.8 cm³/mol. The molecule has 0 bridgehead atoms. The van der Waals surface area contributed by atoms with Crippen LogP contribution in [0.3, 0.4) is 0 Å². The van der Waals surface area contributed by atoms with Gasteiger partial charge in [-0.15, -0.1) is 0 Å². The van der Waals surface area contributed by atoms with Gasteiger partial charge in [-0.2, -0.15) is 0 Å². The fourth-order valence-corrected chi connectivity index (χ4v) is 3.87. The Labute approximate surface area is 75.7 Å². The van der Waals surface area contributed by atoms with Crippen molar-refractivity contribution in [2.45, 2.75) is 45.4 Å². The molecule has 0 radical (unpaired) electrons. The van der Waals surface area contributed by atoms with Crippen LogP contribution in [-0.4, -0.2) is 0 Å². The largest absolute Gasteiger partial charge is 0.0622 e. The molecule has 4 unspecified atom stereocenters. The first-order valence-electron chi connectivity index (χ1n) is 5.84. The van der Waals surface area contributed by atoms with Crippen LogP contribution in [0, 0.1) is 29.6 Å². The Bertz CT molecular complexity index is 172. The van der Waals surface area contributed by atoms with Crippen molar-refractivity contribution in [2.24, 2.45) is 29.6 Å². The van der Waals surface area contributed by atoms with E-state index in [1.807, 2.05) is 0 Å². The summed E-state index contributed by atoms with van der Waals surface area (Å²) in [6.45, 7) is 2.47. The average Bonchev–Trinajstić information content (AvgIpc) is 2.28. The van der Waals surface area contributed by atoms with E-state index in [0.29, 0.717) is 0 Å². The van der Waals surface area contributed by atoms with Gasteiger partial charge in [0.05, 0.1) is 0 Å². The Kier molecular flexibility index (Phi) is 1.54. The van der Waals surface area contributed by atoms with Crippen molar-refractivity contribution in [1.29, 1.82) is 0 Å². The second-order valence-electron chi connectivity index (χ2n) is 5.55. The lowest BCUT2D eigenvalue weighted by Crippen LogP contribution is -2.29. The summed E-state index contributed by atoms with van der Waals surface area (Å²) < 4.78 is 0. The van der Waals surface area contributed by atoms with Crippen LogP contribution in [0.2, 0.25) is 0 Å². The van der Waals surface area contributed by atoms with Gasteiger partial charge in [0.15, 0.2) is 0 Å². The highest BCUT2D eigenvalue weighted by Crippen LogP contribution is 2.55. The Balaban J connectivity index is 1.63. The van der Waals surface area contributed by atoms with Crippen LogP contribution in [0.25, 0.3) is 0 Å². The van der Waals surface area contributed by atoms with Crippen LogP contribution < -0.4 is 0 Å². The standard InChI is InChI=1S/C12H20/c1-8-2-5-12(8)11-6-9-3-4-10(9)7-11/h8-12H,2-7H2,1H3. The van der Waals surface area contributed by atoms with Crippen molar-refractivity contribution in [3.8, 4) is 0 Å². The van der Waals surface area contributed by atoms with Gasteiger partial charge in [0.25, 0.3) is 0 Å². The maximum Gasteiger partial charge on any atom is -0.0360 e. The summed E-state index contributed by atoms with van der Waals surface area (Å²) in [7, 11) is 0. The summed E-state index contributed by atoms with van der Waals surface area (Å²) in [5.41, 5.74) is 0. The van der Waals surface area contributed by atoms with E-state index in [-0.39, 0.29) is 0 Å². The summed E-state index contributed by atoms with van der Waals surface area (Å²) in [6.07, 6.45) is 9.45. The van der Waals surface area contributed by atoms with Crippen molar-refractivity contribution in [3.05, 3.63) is 0 Å². The minimum atomic E-state index is 1.08. The topological polar surface area (TPSA) is 0 Å².